The van der Waals surface area contributed by atoms with Gasteiger partial charge in [-0.2, -0.15) is 0 Å². The number of nitrogens with zero attached hydrogens (tertiary/aromatic N) is 1. The highest BCUT2D eigenvalue weighted by atomic mass is 16.5. The van der Waals surface area contributed by atoms with Crippen LogP contribution in [0.5, 0.6) is 5.75 Å². The lowest BCUT2D eigenvalue weighted by molar-refractivity contribution is 0.104. The Morgan fingerprint density at radius 2 is 1.55 bits per heavy atom. The number of anilines is 1. The predicted molar refractivity (Wildman–Crippen MR) is 117 cm³/mol. The third-order valence-corrected chi connectivity index (χ3v) is 5.26. The van der Waals surface area contributed by atoms with Crippen LogP contribution in [-0.2, 0) is 0 Å². The summed E-state index contributed by atoms with van der Waals surface area (Å²) in [6.07, 6.45) is 1.56. The highest BCUT2D eigenvalue weighted by Crippen LogP contribution is 2.40. The van der Waals surface area contributed by atoms with Crippen molar-refractivity contribution in [3.63, 3.8) is 0 Å². The number of hydrogen-bond acceptors (Lipinski definition) is 3. The van der Waals surface area contributed by atoms with Gasteiger partial charge in [0.15, 0.2) is 11.5 Å². The number of hydrogen-bond donors (Lipinski definition) is 0. The Labute approximate surface area is 169 Å². The van der Waals surface area contributed by atoms with Crippen LogP contribution in [0.2, 0.25) is 0 Å². The molecule has 5 rings (SSSR count). The van der Waals surface area contributed by atoms with Gasteiger partial charge >= 0.3 is 0 Å². The Morgan fingerprint density at radius 1 is 0.793 bits per heavy atom. The number of benzene rings is 4. The Bertz CT molecular complexity index is 1260. The van der Waals surface area contributed by atoms with Gasteiger partial charge in [-0.3, -0.25) is 4.79 Å². The number of ketones is 1. The molecular formula is C26H19NO2. The maximum Gasteiger partial charge on any atom is 0.204 e. The standard InChI is InChI=1S/C26H19NO2/c1-27-23-16-21(18-7-3-2-4-8-18)13-14-25(23)29-26(27)17-24(28)22-12-11-19-9-5-6-10-20(19)15-22/h2-17H,1H3. The van der Waals surface area contributed by atoms with E-state index in [1.165, 1.54) is 0 Å². The van der Waals surface area contributed by atoms with Gasteiger partial charge in [-0.1, -0.05) is 72.8 Å². The molecule has 4 aromatic carbocycles. The summed E-state index contributed by atoms with van der Waals surface area (Å²) in [5.74, 6) is 1.21. The fourth-order valence-corrected chi connectivity index (χ4v) is 3.64. The summed E-state index contributed by atoms with van der Waals surface area (Å²) >= 11 is 0. The molecule has 29 heavy (non-hydrogen) atoms. The molecular weight excluding hydrogens is 358 g/mol. The first kappa shape index (κ1) is 17.3. The molecule has 0 N–H and O–H groups in total. The van der Waals surface area contributed by atoms with Crippen LogP contribution < -0.4 is 9.64 Å². The minimum absolute atomic E-state index is 0.0753. The second-order valence-corrected chi connectivity index (χ2v) is 7.12. The number of ether oxygens (including phenoxy) is 1. The maximum absolute atomic E-state index is 12.8. The van der Waals surface area contributed by atoms with E-state index in [0.717, 1.165) is 33.3 Å². The second kappa shape index (κ2) is 6.95. The molecule has 1 heterocycles. The lowest BCUT2D eigenvalue weighted by Gasteiger charge is -2.12. The molecule has 0 spiro atoms. The van der Waals surface area contributed by atoms with Crippen LogP contribution in [-0.4, -0.2) is 12.8 Å². The molecule has 0 atom stereocenters. The van der Waals surface area contributed by atoms with Crippen LogP contribution in [0, 0.1) is 0 Å². The van der Waals surface area contributed by atoms with Gasteiger partial charge in [0.2, 0.25) is 5.88 Å². The van der Waals surface area contributed by atoms with Crippen LogP contribution in [0.25, 0.3) is 21.9 Å². The molecule has 3 heteroatoms. The Morgan fingerprint density at radius 3 is 2.38 bits per heavy atom. The zero-order valence-corrected chi connectivity index (χ0v) is 16.0. The van der Waals surface area contributed by atoms with E-state index >= 15 is 0 Å². The van der Waals surface area contributed by atoms with Gasteiger partial charge in [-0.15, -0.1) is 0 Å². The lowest BCUT2D eigenvalue weighted by atomic mass is 10.0. The van der Waals surface area contributed by atoms with E-state index in [1.54, 1.807) is 6.08 Å². The smallest absolute Gasteiger partial charge is 0.204 e. The molecule has 0 bridgehead atoms. The van der Waals surface area contributed by atoms with E-state index in [9.17, 15) is 4.79 Å². The topological polar surface area (TPSA) is 29.5 Å². The van der Waals surface area contributed by atoms with Crippen molar-refractivity contribution in [2.45, 2.75) is 0 Å². The van der Waals surface area contributed by atoms with Gasteiger partial charge in [-0.25, -0.2) is 0 Å². The summed E-state index contributed by atoms with van der Waals surface area (Å²) in [4.78, 5) is 14.8. The highest BCUT2D eigenvalue weighted by Gasteiger charge is 2.24. The molecule has 0 radical (unpaired) electrons. The fourth-order valence-electron chi connectivity index (χ4n) is 3.64. The molecule has 0 unspecified atom stereocenters. The normalized spacial score (nSPS) is 14.1. The highest BCUT2D eigenvalue weighted by molar-refractivity contribution is 6.07. The molecule has 0 aromatic heterocycles. The van der Waals surface area contributed by atoms with E-state index in [4.69, 9.17) is 4.74 Å². The van der Waals surface area contributed by atoms with Crippen molar-refractivity contribution in [1.82, 2.24) is 0 Å². The van der Waals surface area contributed by atoms with E-state index < -0.39 is 0 Å². The van der Waals surface area contributed by atoms with Gasteiger partial charge in [0.1, 0.15) is 0 Å². The fraction of sp³-hybridized carbons (Fsp3) is 0.0385. The summed E-state index contributed by atoms with van der Waals surface area (Å²) in [5, 5.41) is 2.17. The van der Waals surface area contributed by atoms with E-state index in [-0.39, 0.29) is 5.78 Å². The molecule has 0 saturated carbocycles. The average Bonchev–Trinajstić information content (AvgIpc) is 3.08. The first-order valence-electron chi connectivity index (χ1n) is 9.55. The average molecular weight is 377 g/mol. The molecule has 0 saturated heterocycles. The number of rotatable bonds is 3. The van der Waals surface area contributed by atoms with Gasteiger partial charge < -0.3 is 9.64 Å². The van der Waals surface area contributed by atoms with Crippen molar-refractivity contribution in [3.8, 4) is 16.9 Å². The zero-order valence-electron chi connectivity index (χ0n) is 16.0. The lowest BCUT2D eigenvalue weighted by Crippen LogP contribution is -2.15. The van der Waals surface area contributed by atoms with Crippen molar-refractivity contribution in [3.05, 3.63) is 109 Å². The quantitative estimate of drug-likeness (QED) is 0.321. The molecule has 0 amide bonds. The summed E-state index contributed by atoms with van der Waals surface area (Å²) in [7, 11) is 1.92. The van der Waals surface area contributed by atoms with Gasteiger partial charge in [0, 0.05) is 18.7 Å². The van der Waals surface area contributed by atoms with Crippen LogP contribution >= 0.6 is 0 Å². The second-order valence-electron chi connectivity index (χ2n) is 7.12. The number of carbonyl (C=O) groups excluding carboxylic acids is 1. The molecule has 0 aliphatic carbocycles. The summed E-state index contributed by atoms with van der Waals surface area (Å²) < 4.78 is 5.96. The minimum Gasteiger partial charge on any atom is -0.438 e. The molecule has 0 fully saturated rings. The maximum atomic E-state index is 12.8. The largest absolute Gasteiger partial charge is 0.438 e. The van der Waals surface area contributed by atoms with Crippen LogP contribution in [0.15, 0.2) is 103 Å². The molecule has 140 valence electrons. The third kappa shape index (κ3) is 3.17. The minimum atomic E-state index is -0.0753. The van der Waals surface area contributed by atoms with Gasteiger partial charge in [-0.05, 0) is 40.1 Å². The Hall–Kier alpha value is -3.85. The Balaban J connectivity index is 1.45. The van der Waals surface area contributed by atoms with Crippen molar-refractivity contribution in [2.24, 2.45) is 0 Å². The van der Waals surface area contributed by atoms with E-state index in [1.807, 2.05) is 84.7 Å². The summed E-state index contributed by atoms with van der Waals surface area (Å²) in [5.41, 5.74) is 3.85. The first-order chi connectivity index (χ1) is 14.2. The number of fused-ring (bicyclic) bond motifs is 2. The Kier molecular flexibility index (Phi) is 4.14. The molecule has 1 aliphatic rings. The monoisotopic (exact) mass is 377 g/mol. The van der Waals surface area contributed by atoms with E-state index in [2.05, 4.69) is 18.2 Å². The third-order valence-electron chi connectivity index (χ3n) is 5.26. The van der Waals surface area contributed by atoms with Crippen molar-refractivity contribution >= 4 is 22.2 Å². The van der Waals surface area contributed by atoms with E-state index in [0.29, 0.717) is 11.4 Å². The van der Waals surface area contributed by atoms with Gasteiger partial charge in [0.25, 0.3) is 0 Å². The molecule has 4 aromatic rings. The van der Waals surface area contributed by atoms with Crippen LogP contribution in [0.1, 0.15) is 10.4 Å². The van der Waals surface area contributed by atoms with Crippen LogP contribution in [0.4, 0.5) is 5.69 Å². The number of carbonyl (C=O) groups is 1. The first-order valence-corrected chi connectivity index (χ1v) is 9.55. The van der Waals surface area contributed by atoms with Crippen molar-refractivity contribution in [2.75, 3.05) is 11.9 Å². The summed E-state index contributed by atoms with van der Waals surface area (Å²) in [6, 6.07) is 30.1. The molecule has 3 nitrogen and oxygen atoms in total. The predicted octanol–water partition coefficient (Wildman–Crippen LogP) is 6.06. The van der Waals surface area contributed by atoms with Crippen LogP contribution in [0.3, 0.4) is 0 Å². The van der Waals surface area contributed by atoms with Crippen molar-refractivity contribution < 1.29 is 9.53 Å². The molecule has 1 aliphatic heterocycles. The van der Waals surface area contributed by atoms with Gasteiger partial charge in [0.05, 0.1) is 5.69 Å². The SMILES string of the molecule is CN1C(=CC(=O)c2ccc3ccccc3c2)Oc2ccc(-c3ccccc3)cc21. The zero-order chi connectivity index (χ0) is 19.8. The number of allylic oxidation sites excluding steroid dienone is 1. The van der Waals surface area contributed by atoms with Crippen molar-refractivity contribution in [1.29, 1.82) is 0 Å². The summed E-state index contributed by atoms with van der Waals surface area (Å²) in [6.45, 7) is 0.